The van der Waals surface area contributed by atoms with Crippen LogP contribution >= 0.6 is 0 Å². The lowest BCUT2D eigenvalue weighted by Gasteiger charge is -2.08. The summed E-state index contributed by atoms with van der Waals surface area (Å²) in [5.74, 6) is 0.886. The van der Waals surface area contributed by atoms with E-state index in [1.54, 1.807) is 37.0 Å². The molecule has 0 atom stereocenters. The Balaban J connectivity index is 1.88. The van der Waals surface area contributed by atoms with E-state index in [0.717, 1.165) is 0 Å². The van der Waals surface area contributed by atoms with Gasteiger partial charge in [0.25, 0.3) is 5.91 Å². The number of fused-ring (bicyclic) bond motifs is 1. The Kier molecular flexibility index (Phi) is 2.74. The minimum absolute atomic E-state index is 0.161. The Labute approximate surface area is 115 Å². The van der Waals surface area contributed by atoms with Gasteiger partial charge in [0.1, 0.15) is 0 Å². The number of rotatable bonds is 2. The Morgan fingerprint density at radius 2 is 2.10 bits per heavy atom. The van der Waals surface area contributed by atoms with Crippen molar-refractivity contribution < 1.29 is 14.3 Å². The summed E-state index contributed by atoms with van der Waals surface area (Å²) in [7, 11) is 1.76. The van der Waals surface area contributed by atoms with Crippen molar-refractivity contribution in [3.63, 3.8) is 0 Å². The molecule has 1 aliphatic rings. The highest BCUT2D eigenvalue weighted by Crippen LogP contribution is 2.38. The van der Waals surface area contributed by atoms with E-state index in [2.05, 4.69) is 10.4 Å². The lowest BCUT2D eigenvalue weighted by atomic mass is 10.2. The van der Waals surface area contributed by atoms with Gasteiger partial charge >= 0.3 is 0 Å². The first-order valence-electron chi connectivity index (χ1n) is 6.05. The van der Waals surface area contributed by atoms with Crippen molar-refractivity contribution in [2.45, 2.75) is 6.92 Å². The summed E-state index contributed by atoms with van der Waals surface area (Å²) in [6.07, 6.45) is 1.66. The first kappa shape index (κ1) is 12.3. The second-order valence-corrected chi connectivity index (χ2v) is 4.55. The Morgan fingerprint density at radius 3 is 2.75 bits per heavy atom. The number of carbonyl (C=O) groups excluding carboxylic acids is 1. The summed E-state index contributed by atoms with van der Waals surface area (Å²) < 4.78 is 12.1. The zero-order chi connectivity index (χ0) is 14.3. The number of carbonyl (C=O) groups is 1. The molecule has 0 saturated heterocycles. The predicted molar refractivity (Wildman–Crippen MR) is 72.9 cm³/mol. The fraction of sp³-hybridized carbons (Fsp3) is 0.231. The molecule has 2 heterocycles. The van der Waals surface area contributed by atoms with Gasteiger partial charge in [-0.2, -0.15) is 5.10 Å². The molecule has 7 heteroatoms. The smallest absolute Gasteiger partial charge is 0.259 e. The number of nitrogen functional groups attached to an aromatic ring is 1. The van der Waals surface area contributed by atoms with Gasteiger partial charge in [0.05, 0.1) is 22.6 Å². The van der Waals surface area contributed by atoms with Crippen LogP contribution in [0.1, 0.15) is 16.1 Å². The molecule has 0 spiro atoms. The zero-order valence-corrected chi connectivity index (χ0v) is 11.1. The highest BCUT2D eigenvalue weighted by atomic mass is 16.7. The highest BCUT2D eigenvalue weighted by molar-refractivity contribution is 6.06. The molecule has 1 aliphatic heterocycles. The van der Waals surface area contributed by atoms with Gasteiger partial charge in [-0.05, 0) is 6.92 Å². The molecular formula is C13H14N4O3. The maximum absolute atomic E-state index is 12.2. The molecule has 3 rings (SSSR count). The normalized spacial score (nSPS) is 12.5. The van der Waals surface area contributed by atoms with Crippen molar-refractivity contribution >= 4 is 17.3 Å². The quantitative estimate of drug-likeness (QED) is 0.805. The van der Waals surface area contributed by atoms with E-state index in [9.17, 15) is 4.79 Å². The summed E-state index contributed by atoms with van der Waals surface area (Å²) in [6.45, 7) is 1.94. The molecule has 1 aromatic heterocycles. The second kappa shape index (κ2) is 4.44. The largest absolute Gasteiger partial charge is 0.454 e. The van der Waals surface area contributed by atoms with Crippen LogP contribution in [0.4, 0.5) is 11.4 Å². The van der Waals surface area contributed by atoms with Crippen molar-refractivity contribution in [2.75, 3.05) is 17.8 Å². The van der Waals surface area contributed by atoms with E-state index < -0.39 is 0 Å². The Morgan fingerprint density at radius 1 is 1.40 bits per heavy atom. The number of aromatic nitrogens is 2. The van der Waals surface area contributed by atoms with Crippen molar-refractivity contribution in [3.05, 3.63) is 29.6 Å². The summed E-state index contributed by atoms with van der Waals surface area (Å²) in [6, 6.07) is 3.29. The minimum Gasteiger partial charge on any atom is -0.454 e. The first-order valence-corrected chi connectivity index (χ1v) is 6.05. The number of nitrogens with two attached hydrogens (primary N) is 1. The van der Waals surface area contributed by atoms with Crippen molar-refractivity contribution in [1.82, 2.24) is 9.78 Å². The third-order valence-electron chi connectivity index (χ3n) is 3.05. The molecule has 0 radical (unpaired) electrons. The van der Waals surface area contributed by atoms with Gasteiger partial charge in [0.2, 0.25) is 6.79 Å². The van der Waals surface area contributed by atoms with Gasteiger partial charge in [0, 0.05) is 25.4 Å². The van der Waals surface area contributed by atoms with Crippen molar-refractivity contribution in [2.24, 2.45) is 7.05 Å². The highest BCUT2D eigenvalue weighted by Gasteiger charge is 2.19. The van der Waals surface area contributed by atoms with E-state index in [4.69, 9.17) is 15.2 Å². The topological polar surface area (TPSA) is 91.4 Å². The molecule has 0 unspecified atom stereocenters. The summed E-state index contributed by atoms with van der Waals surface area (Å²) in [5.41, 5.74) is 7.96. The molecule has 0 bridgehead atoms. The van der Waals surface area contributed by atoms with E-state index in [-0.39, 0.29) is 12.7 Å². The van der Waals surface area contributed by atoms with Crippen LogP contribution in [0.5, 0.6) is 11.5 Å². The molecule has 2 aromatic rings. The van der Waals surface area contributed by atoms with Gasteiger partial charge in [-0.3, -0.25) is 9.48 Å². The van der Waals surface area contributed by atoms with Gasteiger partial charge < -0.3 is 20.5 Å². The van der Waals surface area contributed by atoms with E-state index in [0.29, 0.717) is 34.1 Å². The molecule has 0 fully saturated rings. The molecule has 0 aliphatic carbocycles. The number of nitrogens with one attached hydrogen (secondary N) is 1. The third-order valence-corrected chi connectivity index (χ3v) is 3.05. The van der Waals surface area contributed by atoms with Crippen molar-refractivity contribution in [3.8, 4) is 11.5 Å². The number of ether oxygens (including phenoxy) is 2. The van der Waals surface area contributed by atoms with E-state index >= 15 is 0 Å². The van der Waals surface area contributed by atoms with Crippen LogP contribution in [-0.2, 0) is 7.05 Å². The molecule has 1 aromatic carbocycles. The Bertz CT molecular complexity index is 693. The summed E-state index contributed by atoms with van der Waals surface area (Å²) in [5, 5.41) is 6.89. The van der Waals surface area contributed by atoms with Gasteiger partial charge in [0.15, 0.2) is 11.5 Å². The minimum atomic E-state index is -0.263. The van der Waals surface area contributed by atoms with Crippen LogP contribution < -0.4 is 20.5 Å². The lowest BCUT2D eigenvalue weighted by Crippen LogP contribution is -2.13. The number of nitrogens with zero attached hydrogens (tertiary/aromatic N) is 2. The van der Waals surface area contributed by atoms with Crippen LogP contribution in [0.3, 0.4) is 0 Å². The van der Waals surface area contributed by atoms with Crippen LogP contribution in [-0.4, -0.2) is 22.5 Å². The fourth-order valence-corrected chi connectivity index (χ4v) is 2.08. The third kappa shape index (κ3) is 2.03. The molecule has 0 saturated carbocycles. The number of amides is 1. The van der Waals surface area contributed by atoms with Crippen LogP contribution in [0.15, 0.2) is 18.3 Å². The average molecular weight is 274 g/mol. The fourth-order valence-electron chi connectivity index (χ4n) is 2.08. The summed E-state index contributed by atoms with van der Waals surface area (Å²) in [4.78, 5) is 12.2. The van der Waals surface area contributed by atoms with E-state index in [1.165, 1.54) is 0 Å². The van der Waals surface area contributed by atoms with Gasteiger partial charge in [-0.15, -0.1) is 0 Å². The molecule has 1 amide bonds. The van der Waals surface area contributed by atoms with Gasteiger partial charge in [-0.25, -0.2) is 0 Å². The number of hydrogen-bond donors (Lipinski definition) is 2. The number of hydrogen-bond acceptors (Lipinski definition) is 5. The molecule has 3 N–H and O–H groups in total. The summed E-state index contributed by atoms with van der Waals surface area (Å²) >= 11 is 0. The van der Waals surface area contributed by atoms with Gasteiger partial charge in [-0.1, -0.05) is 0 Å². The first-order chi connectivity index (χ1) is 9.54. The predicted octanol–water partition coefficient (Wildman–Crippen LogP) is 1.29. The average Bonchev–Trinajstić information content (AvgIpc) is 2.95. The second-order valence-electron chi connectivity index (χ2n) is 4.55. The Hall–Kier alpha value is -2.70. The van der Waals surface area contributed by atoms with Crippen LogP contribution in [0, 0.1) is 6.92 Å². The zero-order valence-electron chi connectivity index (χ0n) is 11.1. The molecule has 104 valence electrons. The number of aryl methyl sites for hydroxylation is 2. The van der Waals surface area contributed by atoms with E-state index in [1.807, 2.05) is 0 Å². The standard InChI is InChI=1S/C13H14N4O3/c1-7-8(5-17(2)16-7)13(18)15-10-4-12-11(3-9(10)14)19-6-20-12/h3-5H,6,14H2,1-2H3,(H,15,18). The monoisotopic (exact) mass is 274 g/mol. The maximum Gasteiger partial charge on any atom is 0.259 e. The SMILES string of the molecule is Cc1nn(C)cc1C(=O)Nc1cc2c(cc1N)OCO2. The molecule has 20 heavy (non-hydrogen) atoms. The molecular weight excluding hydrogens is 260 g/mol. The number of anilines is 2. The maximum atomic E-state index is 12.2. The molecule has 7 nitrogen and oxygen atoms in total. The lowest BCUT2D eigenvalue weighted by molar-refractivity contribution is 0.102. The van der Waals surface area contributed by atoms with Crippen LogP contribution in [0.2, 0.25) is 0 Å². The van der Waals surface area contributed by atoms with Crippen molar-refractivity contribution in [1.29, 1.82) is 0 Å². The van der Waals surface area contributed by atoms with Crippen LogP contribution in [0.25, 0.3) is 0 Å². The number of benzene rings is 1.